The number of hydrogen-bond donors (Lipinski definition) is 1. The Kier molecular flexibility index (Phi) is 5.93. The van der Waals surface area contributed by atoms with Crippen molar-refractivity contribution < 1.29 is 23.8 Å². The highest BCUT2D eigenvalue weighted by atomic mass is 16.7. The maximum absolute atomic E-state index is 10.6. The van der Waals surface area contributed by atoms with Crippen molar-refractivity contribution in [2.24, 2.45) is 4.99 Å². The van der Waals surface area contributed by atoms with Gasteiger partial charge in [0.2, 0.25) is 0 Å². The SMILES string of the molecule is COc1cncc(-c2cccc(C3(c4ccc(OC)c(C)c4)COC(NOC=O)=N3)c2)c1. The minimum Gasteiger partial charge on any atom is -0.496 e. The largest absolute Gasteiger partial charge is 0.496 e. The minimum absolute atomic E-state index is 0.124. The molecule has 1 atom stereocenters. The Morgan fingerprint density at radius 3 is 2.62 bits per heavy atom. The van der Waals surface area contributed by atoms with Crippen LogP contribution in [0.15, 0.2) is 65.9 Å². The first-order chi connectivity index (χ1) is 15.6. The molecule has 8 heteroatoms. The number of nitrogens with one attached hydrogen (secondary N) is 1. The van der Waals surface area contributed by atoms with Gasteiger partial charge in [-0.25, -0.2) is 4.99 Å². The fourth-order valence-electron chi connectivity index (χ4n) is 3.78. The van der Waals surface area contributed by atoms with Crippen LogP contribution in [0.25, 0.3) is 11.1 Å². The zero-order valence-corrected chi connectivity index (χ0v) is 18.0. The highest BCUT2D eigenvalue weighted by molar-refractivity contribution is 5.77. The average Bonchev–Trinajstić information content (AvgIpc) is 3.28. The molecule has 1 unspecified atom stereocenters. The fraction of sp³-hybridized carbons (Fsp3) is 0.208. The standard InChI is InChI=1S/C24H23N3O5/c1-16-9-20(7-8-22(16)30-3)24(14-31-23(26-24)27-32-15-28)19-6-4-5-17(10-19)18-11-21(29-2)13-25-12-18/h4-13,15H,14H2,1-3H3,(H,26,27). The molecular weight excluding hydrogens is 410 g/mol. The smallest absolute Gasteiger partial charge is 0.320 e. The molecule has 1 aliphatic heterocycles. The van der Waals surface area contributed by atoms with Gasteiger partial charge in [-0.05, 0) is 53.4 Å². The number of methoxy groups -OCH3 is 2. The van der Waals surface area contributed by atoms with E-state index in [1.165, 1.54) is 0 Å². The van der Waals surface area contributed by atoms with Crippen LogP contribution in [0, 0.1) is 6.92 Å². The minimum atomic E-state index is -0.853. The summed E-state index contributed by atoms with van der Waals surface area (Å²) in [6.07, 6.45) is 3.44. The Bertz CT molecular complexity index is 1160. The molecule has 3 aromatic rings. The number of aryl methyl sites for hydroxylation is 1. The highest BCUT2D eigenvalue weighted by Crippen LogP contribution is 2.40. The van der Waals surface area contributed by atoms with Crippen molar-refractivity contribution in [3.05, 3.63) is 77.6 Å². The predicted octanol–water partition coefficient (Wildman–Crippen LogP) is 3.38. The van der Waals surface area contributed by atoms with Crippen molar-refractivity contribution >= 4 is 12.5 Å². The van der Waals surface area contributed by atoms with Gasteiger partial charge in [-0.1, -0.05) is 24.3 Å². The Labute approximate surface area is 185 Å². The normalized spacial score (nSPS) is 17.2. The molecule has 4 rings (SSSR count). The molecule has 0 saturated heterocycles. The Balaban J connectivity index is 1.83. The van der Waals surface area contributed by atoms with Gasteiger partial charge in [0, 0.05) is 11.8 Å². The van der Waals surface area contributed by atoms with Crippen LogP contribution in [-0.2, 0) is 19.9 Å². The molecular formula is C24H23N3O5. The number of nitrogens with zero attached hydrogens (tertiary/aromatic N) is 2. The zero-order valence-electron chi connectivity index (χ0n) is 18.0. The average molecular weight is 433 g/mol. The molecule has 0 spiro atoms. The number of hydrogen-bond acceptors (Lipinski definition) is 8. The highest BCUT2D eigenvalue weighted by Gasteiger charge is 2.41. The summed E-state index contributed by atoms with van der Waals surface area (Å²) in [4.78, 5) is 24.3. The number of aliphatic imine (C=N–C) groups is 1. The number of hydroxylamine groups is 1. The van der Waals surface area contributed by atoms with Crippen molar-refractivity contribution in [1.29, 1.82) is 0 Å². The van der Waals surface area contributed by atoms with E-state index in [0.29, 0.717) is 5.75 Å². The van der Waals surface area contributed by atoms with Gasteiger partial charge in [0.05, 0.1) is 20.4 Å². The molecule has 0 radical (unpaired) electrons. The summed E-state index contributed by atoms with van der Waals surface area (Å²) in [6, 6.07) is 15.9. The first kappa shape index (κ1) is 21.2. The van der Waals surface area contributed by atoms with Gasteiger partial charge >= 0.3 is 12.5 Å². The molecule has 164 valence electrons. The predicted molar refractivity (Wildman–Crippen MR) is 118 cm³/mol. The number of pyridine rings is 1. The van der Waals surface area contributed by atoms with Gasteiger partial charge in [0.15, 0.2) is 5.54 Å². The van der Waals surface area contributed by atoms with Gasteiger partial charge in [0.25, 0.3) is 0 Å². The van der Waals surface area contributed by atoms with Gasteiger partial charge in [0.1, 0.15) is 18.1 Å². The second kappa shape index (κ2) is 8.97. The van der Waals surface area contributed by atoms with Crippen LogP contribution in [0.5, 0.6) is 11.5 Å². The van der Waals surface area contributed by atoms with Crippen LogP contribution in [0.3, 0.4) is 0 Å². The first-order valence-electron chi connectivity index (χ1n) is 9.92. The van der Waals surface area contributed by atoms with Crippen molar-refractivity contribution in [2.45, 2.75) is 12.5 Å². The van der Waals surface area contributed by atoms with E-state index >= 15 is 0 Å². The third-order valence-corrected chi connectivity index (χ3v) is 5.40. The van der Waals surface area contributed by atoms with Gasteiger partial charge in [-0.2, -0.15) is 5.48 Å². The Morgan fingerprint density at radius 1 is 1.03 bits per heavy atom. The second-order valence-electron chi connectivity index (χ2n) is 7.26. The maximum atomic E-state index is 10.6. The van der Waals surface area contributed by atoms with E-state index < -0.39 is 5.54 Å². The van der Waals surface area contributed by atoms with Crippen LogP contribution < -0.4 is 15.0 Å². The molecule has 1 aromatic heterocycles. The van der Waals surface area contributed by atoms with E-state index in [0.717, 1.165) is 33.6 Å². The number of carbonyl (C=O) groups excluding carboxylic acids is 1. The maximum Gasteiger partial charge on any atom is 0.320 e. The summed E-state index contributed by atoms with van der Waals surface area (Å²) in [6.45, 7) is 2.48. The first-order valence-corrected chi connectivity index (χ1v) is 9.92. The van der Waals surface area contributed by atoms with Crippen LogP contribution in [0.4, 0.5) is 0 Å². The summed E-state index contributed by atoms with van der Waals surface area (Å²) in [7, 11) is 3.25. The molecule has 0 amide bonds. The molecule has 2 aromatic carbocycles. The van der Waals surface area contributed by atoms with E-state index in [9.17, 15) is 4.79 Å². The number of ether oxygens (including phenoxy) is 3. The summed E-state index contributed by atoms with van der Waals surface area (Å²) < 4.78 is 16.5. The molecule has 32 heavy (non-hydrogen) atoms. The molecule has 0 aliphatic carbocycles. The van der Waals surface area contributed by atoms with Crippen LogP contribution in [-0.4, -0.2) is 38.3 Å². The fourth-order valence-corrected chi connectivity index (χ4v) is 3.78. The lowest BCUT2D eigenvalue weighted by Crippen LogP contribution is -2.27. The van der Waals surface area contributed by atoms with E-state index in [2.05, 4.69) is 15.3 Å². The lowest BCUT2D eigenvalue weighted by Gasteiger charge is -2.26. The summed E-state index contributed by atoms with van der Waals surface area (Å²) >= 11 is 0. The summed E-state index contributed by atoms with van der Waals surface area (Å²) in [5.74, 6) is 1.46. The van der Waals surface area contributed by atoms with Crippen molar-refractivity contribution in [2.75, 3.05) is 20.8 Å². The summed E-state index contributed by atoms with van der Waals surface area (Å²) in [5, 5.41) is 0. The number of rotatable bonds is 7. The number of aromatic nitrogens is 1. The van der Waals surface area contributed by atoms with Crippen LogP contribution >= 0.6 is 0 Å². The molecule has 1 N–H and O–H groups in total. The van der Waals surface area contributed by atoms with Gasteiger partial charge in [-0.3, -0.25) is 9.78 Å². The molecule has 0 bridgehead atoms. The zero-order chi connectivity index (χ0) is 22.6. The van der Waals surface area contributed by atoms with Crippen molar-refractivity contribution in [3.63, 3.8) is 0 Å². The van der Waals surface area contributed by atoms with Crippen molar-refractivity contribution in [1.82, 2.24) is 10.5 Å². The topological polar surface area (TPSA) is 91.3 Å². The molecule has 0 saturated carbocycles. The van der Waals surface area contributed by atoms with E-state index in [4.69, 9.17) is 19.2 Å². The lowest BCUT2D eigenvalue weighted by atomic mass is 9.82. The lowest BCUT2D eigenvalue weighted by molar-refractivity contribution is -0.132. The third kappa shape index (κ3) is 3.94. The monoisotopic (exact) mass is 433 g/mol. The van der Waals surface area contributed by atoms with E-state index in [-0.39, 0.29) is 19.1 Å². The van der Waals surface area contributed by atoms with Crippen LogP contribution in [0.1, 0.15) is 16.7 Å². The van der Waals surface area contributed by atoms with Gasteiger partial charge < -0.3 is 19.0 Å². The van der Waals surface area contributed by atoms with Crippen LogP contribution in [0.2, 0.25) is 0 Å². The van der Waals surface area contributed by atoms with Gasteiger partial charge in [-0.15, -0.1) is 0 Å². The third-order valence-electron chi connectivity index (χ3n) is 5.40. The van der Waals surface area contributed by atoms with E-state index in [1.807, 2.05) is 55.5 Å². The van der Waals surface area contributed by atoms with E-state index in [1.54, 1.807) is 26.6 Å². The second-order valence-corrected chi connectivity index (χ2v) is 7.26. The molecule has 2 heterocycles. The molecule has 8 nitrogen and oxygen atoms in total. The molecule has 1 aliphatic rings. The Hall–Kier alpha value is -4.07. The Morgan fingerprint density at radius 2 is 1.88 bits per heavy atom. The number of amidine groups is 1. The number of benzene rings is 2. The quantitative estimate of drug-likeness (QED) is 0.451. The van der Waals surface area contributed by atoms with Crippen molar-refractivity contribution in [3.8, 4) is 22.6 Å². The number of carbonyl (C=O) groups is 1. The molecule has 0 fully saturated rings. The summed E-state index contributed by atoms with van der Waals surface area (Å²) in [5.41, 5.74) is 6.25.